The van der Waals surface area contributed by atoms with Gasteiger partial charge in [0.15, 0.2) is 5.96 Å². The van der Waals surface area contributed by atoms with E-state index in [4.69, 9.17) is 0 Å². The quantitative estimate of drug-likeness (QED) is 0.295. The number of benzene rings is 1. The first-order chi connectivity index (χ1) is 11.7. The van der Waals surface area contributed by atoms with Crippen LogP contribution in [0.3, 0.4) is 0 Å². The molecule has 26 heavy (non-hydrogen) atoms. The molecule has 0 aliphatic heterocycles. The molecule has 1 aromatic rings. The van der Waals surface area contributed by atoms with Crippen LogP contribution in [0.25, 0.3) is 0 Å². The van der Waals surface area contributed by atoms with Gasteiger partial charge < -0.3 is 20.5 Å². The van der Waals surface area contributed by atoms with E-state index >= 15 is 0 Å². The maximum absolute atomic E-state index is 12.5. The van der Waals surface area contributed by atoms with Gasteiger partial charge in [0.05, 0.1) is 12.1 Å². The predicted molar refractivity (Wildman–Crippen MR) is 107 cm³/mol. The van der Waals surface area contributed by atoms with E-state index in [0.29, 0.717) is 37.5 Å². The summed E-state index contributed by atoms with van der Waals surface area (Å²) in [5.41, 5.74) is -0.536. The van der Waals surface area contributed by atoms with Crippen molar-refractivity contribution in [1.82, 2.24) is 10.6 Å². The zero-order valence-electron chi connectivity index (χ0n) is 15.2. The molecule has 0 amide bonds. The molecule has 0 bridgehead atoms. The molecule has 0 aromatic heterocycles. The number of ether oxygens (including phenoxy) is 1. The summed E-state index contributed by atoms with van der Waals surface area (Å²) in [7, 11) is 0. The third-order valence-electron chi connectivity index (χ3n) is 3.85. The van der Waals surface area contributed by atoms with Crippen molar-refractivity contribution in [2.45, 2.75) is 52.1 Å². The molecular weight excluding hydrogens is 462 g/mol. The summed E-state index contributed by atoms with van der Waals surface area (Å²) in [6, 6.07) is 5.88. The number of nitrogens with zero attached hydrogens (tertiary/aromatic N) is 1. The van der Waals surface area contributed by atoms with Crippen LogP contribution in [-0.4, -0.2) is 36.1 Å². The summed E-state index contributed by atoms with van der Waals surface area (Å²) < 4.78 is 41.4. The van der Waals surface area contributed by atoms with E-state index in [1.807, 2.05) is 20.8 Å². The molecule has 0 fully saturated rings. The summed E-state index contributed by atoms with van der Waals surface area (Å²) >= 11 is 0. The molecule has 0 radical (unpaired) electrons. The van der Waals surface area contributed by atoms with E-state index in [0.717, 1.165) is 0 Å². The Morgan fingerprint density at radius 2 is 1.73 bits per heavy atom. The SMILES string of the molecule is CCNC(=NCc1ccccc1OC(F)(F)F)NCC(O)(CC)CC.I. The highest BCUT2D eigenvalue weighted by Gasteiger charge is 2.32. The Bertz CT molecular complexity index is 564. The second kappa shape index (κ2) is 11.5. The van der Waals surface area contributed by atoms with Crippen molar-refractivity contribution in [3.63, 3.8) is 0 Å². The maximum atomic E-state index is 12.5. The number of alkyl halides is 3. The monoisotopic (exact) mass is 489 g/mol. The van der Waals surface area contributed by atoms with Crippen molar-refractivity contribution >= 4 is 29.9 Å². The number of hydrogen-bond acceptors (Lipinski definition) is 3. The number of rotatable bonds is 8. The lowest BCUT2D eigenvalue weighted by molar-refractivity contribution is -0.274. The van der Waals surface area contributed by atoms with Crippen molar-refractivity contribution in [3.8, 4) is 5.75 Å². The Labute approximate surface area is 169 Å². The van der Waals surface area contributed by atoms with Crippen molar-refractivity contribution in [2.75, 3.05) is 13.1 Å². The van der Waals surface area contributed by atoms with Crippen LogP contribution in [0.4, 0.5) is 13.2 Å². The molecule has 5 nitrogen and oxygen atoms in total. The molecule has 0 atom stereocenters. The lowest BCUT2D eigenvalue weighted by Crippen LogP contribution is -2.46. The molecular formula is C17H27F3IN3O2. The number of halogens is 4. The van der Waals surface area contributed by atoms with E-state index < -0.39 is 12.0 Å². The van der Waals surface area contributed by atoms with Gasteiger partial charge in [-0.25, -0.2) is 4.99 Å². The average Bonchev–Trinajstić information content (AvgIpc) is 2.57. The van der Waals surface area contributed by atoms with E-state index in [1.54, 1.807) is 6.07 Å². The Morgan fingerprint density at radius 1 is 1.12 bits per heavy atom. The van der Waals surface area contributed by atoms with E-state index in [9.17, 15) is 18.3 Å². The van der Waals surface area contributed by atoms with Crippen LogP contribution in [0.5, 0.6) is 5.75 Å². The van der Waals surface area contributed by atoms with Crippen LogP contribution in [0, 0.1) is 0 Å². The van der Waals surface area contributed by atoms with E-state index in [2.05, 4.69) is 20.4 Å². The van der Waals surface area contributed by atoms with E-state index in [1.165, 1.54) is 18.2 Å². The van der Waals surface area contributed by atoms with Gasteiger partial charge in [0.2, 0.25) is 0 Å². The van der Waals surface area contributed by atoms with Gasteiger partial charge in [-0.15, -0.1) is 37.1 Å². The molecule has 1 aromatic carbocycles. The van der Waals surface area contributed by atoms with Crippen molar-refractivity contribution in [2.24, 2.45) is 4.99 Å². The van der Waals surface area contributed by atoms with Crippen LogP contribution in [0.15, 0.2) is 29.3 Å². The molecule has 1 rings (SSSR count). The average molecular weight is 489 g/mol. The summed E-state index contributed by atoms with van der Waals surface area (Å²) in [5, 5.41) is 16.3. The third-order valence-corrected chi connectivity index (χ3v) is 3.85. The second-order valence-corrected chi connectivity index (χ2v) is 5.64. The summed E-state index contributed by atoms with van der Waals surface area (Å²) in [6.07, 6.45) is -3.59. The number of para-hydroxylation sites is 1. The fourth-order valence-corrected chi connectivity index (χ4v) is 2.11. The lowest BCUT2D eigenvalue weighted by Gasteiger charge is -2.26. The standard InChI is InChI=1S/C17H26F3N3O2.HI/c1-4-16(24,5-2)12-23-15(21-6-3)22-11-13-9-7-8-10-14(13)25-17(18,19)20;/h7-10,24H,4-6,11-12H2,1-3H3,(H2,21,22,23);1H. The highest BCUT2D eigenvalue weighted by Crippen LogP contribution is 2.26. The summed E-state index contributed by atoms with van der Waals surface area (Å²) in [6.45, 7) is 6.55. The predicted octanol–water partition coefficient (Wildman–Crippen LogP) is 3.81. The number of nitrogens with one attached hydrogen (secondary N) is 2. The molecule has 0 spiro atoms. The van der Waals surface area contributed by atoms with Gasteiger partial charge in [0, 0.05) is 18.7 Å². The molecule has 0 saturated carbocycles. The molecule has 0 heterocycles. The van der Waals surface area contributed by atoms with Gasteiger partial charge in [-0.3, -0.25) is 0 Å². The zero-order valence-corrected chi connectivity index (χ0v) is 17.5. The van der Waals surface area contributed by atoms with Gasteiger partial charge in [-0.1, -0.05) is 32.0 Å². The Balaban J connectivity index is 0.00000625. The first-order valence-corrected chi connectivity index (χ1v) is 8.31. The van der Waals surface area contributed by atoms with Crippen LogP contribution in [-0.2, 0) is 6.54 Å². The van der Waals surface area contributed by atoms with Crippen molar-refractivity contribution in [1.29, 1.82) is 0 Å². The third kappa shape index (κ3) is 8.93. The van der Waals surface area contributed by atoms with E-state index in [-0.39, 0.29) is 36.3 Å². The van der Waals surface area contributed by atoms with Gasteiger partial charge >= 0.3 is 6.36 Å². The first kappa shape index (κ1) is 24.8. The fraction of sp³-hybridized carbons (Fsp3) is 0.588. The van der Waals surface area contributed by atoms with Crippen LogP contribution in [0.2, 0.25) is 0 Å². The molecule has 0 saturated heterocycles. The Kier molecular flexibility index (Phi) is 10.9. The van der Waals surface area contributed by atoms with Crippen LogP contribution < -0.4 is 15.4 Å². The van der Waals surface area contributed by atoms with Gasteiger partial charge in [0.1, 0.15) is 5.75 Å². The lowest BCUT2D eigenvalue weighted by atomic mass is 9.98. The maximum Gasteiger partial charge on any atom is 0.573 e. The van der Waals surface area contributed by atoms with Crippen LogP contribution >= 0.6 is 24.0 Å². The Morgan fingerprint density at radius 3 is 2.27 bits per heavy atom. The number of hydrogen-bond donors (Lipinski definition) is 3. The molecule has 0 aliphatic rings. The first-order valence-electron chi connectivity index (χ1n) is 8.31. The minimum atomic E-state index is -4.75. The van der Waals surface area contributed by atoms with Crippen molar-refractivity contribution < 1.29 is 23.0 Å². The highest BCUT2D eigenvalue weighted by molar-refractivity contribution is 14.0. The number of aliphatic hydroxyl groups is 1. The van der Waals surface area contributed by atoms with Gasteiger partial charge in [-0.2, -0.15) is 0 Å². The van der Waals surface area contributed by atoms with Gasteiger partial charge in [-0.05, 0) is 25.8 Å². The molecule has 150 valence electrons. The van der Waals surface area contributed by atoms with Crippen LogP contribution in [0.1, 0.15) is 39.2 Å². The molecule has 0 unspecified atom stereocenters. The smallest absolute Gasteiger partial charge is 0.405 e. The topological polar surface area (TPSA) is 65.9 Å². The normalized spacial score (nSPS) is 12.3. The molecule has 9 heteroatoms. The van der Waals surface area contributed by atoms with Crippen molar-refractivity contribution in [3.05, 3.63) is 29.8 Å². The number of aliphatic imine (C=N–C) groups is 1. The largest absolute Gasteiger partial charge is 0.573 e. The molecule has 3 N–H and O–H groups in total. The zero-order chi connectivity index (χ0) is 18.9. The summed E-state index contributed by atoms with van der Waals surface area (Å²) in [5.74, 6) is 0.151. The minimum Gasteiger partial charge on any atom is -0.405 e. The second-order valence-electron chi connectivity index (χ2n) is 5.64. The van der Waals surface area contributed by atoms with Gasteiger partial charge in [0.25, 0.3) is 0 Å². The highest BCUT2D eigenvalue weighted by atomic mass is 127. The Hall–Kier alpha value is -1.23. The summed E-state index contributed by atoms with van der Waals surface area (Å²) in [4.78, 5) is 4.28. The number of guanidine groups is 1. The fourth-order valence-electron chi connectivity index (χ4n) is 2.11. The molecule has 0 aliphatic carbocycles. The minimum absolute atomic E-state index is 0.